The van der Waals surface area contributed by atoms with Crippen LogP contribution >= 0.6 is 12.4 Å². The highest BCUT2D eigenvalue weighted by Gasteiger charge is 2.31. The second-order valence-corrected chi connectivity index (χ2v) is 9.63. The van der Waals surface area contributed by atoms with Gasteiger partial charge < -0.3 is 15.4 Å². The van der Waals surface area contributed by atoms with Gasteiger partial charge in [0, 0.05) is 19.6 Å². The average molecular weight is 430 g/mol. The number of rotatable bonds is 5. The first-order chi connectivity index (χ1) is 13.0. The Kier molecular flexibility index (Phi) is 6.98. The van der Waals surface area contributed by atoms with E-state index in [4.69, 9.17) is 4.74 Å². The van der Waals surface area contributed by atoms with Crippen molar-refractivity contribution in [2.75, 3.05) is 26.2 Å². The number of carbonyl (C=O) groups is 1. The molecule has 0 bridgehead atoms. The molecule has 2 saturated heterocycles. The number of carbonyl (C=O) groups excluding carboxylic acids is 1. The third-order valence-corrected chi connectivity index (χ3v) is 7.62. The molecule has 2 fully saturated rings. The summed E-state index contributed by atoms with van der Waals surface area (Å²) in [5.41, 5.74) is 2.02. The average Bonchev–Trinajstić information content (AvgIpc) is 3.37. The van der Waals surface area contributed by atoms with Crippen LogP contribution in [-0.2, 0) is 32.8 Å². The Hall–Kier alpha value is -1.19. The van der Waals surface area contributed by atoms with Crippen molar-refractivity contribution in [1.82, 2.24) is 14.9 Å². The maximum atomic E-state index is 13.1. The maximum absolute atomic E-state index is 13.1. The molecule has 2 N–H and O–H groups in total. The van der Waals surface area contributed by atoms with Crippen molar-refractivity contribution < 1.29 is 17.9 Å². The van der Waals surface area contributed by atoms with Gasteiger partial charge in [-0.3, -0.25) is 4.79 Å². The van der Waals surface area contributed by atoms with Gasteiger partial charge in [-0.25, -0.2) is 8.42 Å². The van der Waals surface area contributed by atoms with Gasteiger partial charge >= 0.3 is 0 Å². The van der Waals surface area contributed by atoms with E-state index in [2.05, 4.69) is 10.6 Å². The fourth-order valence-corrected chi connectivity index (χ4v) is 5.75. The highest BCUT2D eigenvalue weighted by Crippen LogP contribution is 2.27. The Labute approximate surface area is 172 Å². The molecular formula is C19H28ClN3O4S. The zero-order chi connectivity index (χ0) is 18.9. The van der Waals surface area contributed by atoms with Gasteiger partial charge in [-0.15, -0.1) is 12.4 Å². The number of sulfonamides is 1. The van der Waals surface area contributed by atoms with Crippen molar-refractivity contribution in [2.24, 2.45) is 5.92 Å². The molecule has 7 nitrogen and oxygen atoms in total. The first kappa shape index (κ1) is 21.5. The lowest BCUT2D eigenvalue weighted by Gasteiger charge is -2.32. The predicted octanol–water partition coefficient (Wildman–Crippen LogP) is 1.41. The highest BCUT2D eigenvalue weighted by atomic mass is 35.5. The van der Waals surface area contributed by atoms with Gasteiger partial charge in [0.1, 0.15) is 0 Å². The van der Waals surface area contributed by atoms with Crippen LogP contribution in [0.3, 0.4) is 0 Å². The number of nitrogens with one attached hydrogen (secondary N) is 2. The summed E-state index contributed by atoms with van der Waals surface area (Å²) in [5, 5.41) is 6.19. The molecule has 3 aliphatic heterocycles. The van der Waals surface area contributed by atoms with Crippen LogP contribution in [0.15, 0.2) is 23.1 Å². The summed E-state index contributed by atoms with van der Waals surface area (Å²) in [6, 6.07) is 5.18. The highest BCUT2D eigenvalue weighted by molar-refractivity contribution is 7.89. The van der Waals surface area contributed by atoms with E-state index in [1.165, 1.54) is 0 Å². The Balaban J connectivity index is 0.00000225. The topological polar surface area (TPSA) is 87.7 Å². The van der Waals surface area contributed by atoms with E-state index in [0.29, 0.717) is 37.7 Å². The number of fused-ring (bicyclic) bond motifs is 1. The van der Waals surface area contributed by atoms with E-state index >= 15 is 0 Å². The number of piperidine rings is 1. The van der Waals surface area contributed by atoms with E-state index in [-0.39, 0.29) is 30.3 Å². The zero-order valence-corrected chi connectivity index (χ0v) is 17.5. The van der Waals surface area contributed by atoms with Crippen LogP contribution in [0.4, 0.5) is 0 Å². The van der Waals surface area contributed by atoms with E-state index in [9.17, 15) is 13.2 Å². The van der Waals surface area contributed by atoms with Gasteiger partial charge in [0.2, 0.25) is 15.9 Å². The molecule has 2 unspecified atom stereocenters. The molecule has 0 aromatic heterocycles. The monoisotopic (exact) mass is 429 g/mol. The molecule has 3 aliphatic rings. The lowest BCUT2D eigenvalue weighted by molar-refractivity contribution is -0.123. The van der Waals surface area contributed by atoms with Gasteiger partial charge in [0.05, 0.1) is 24.2 Å². The molecule has 1 aromatic rings. The molecule has 156 valence electrons. The minimum absolute atomic E-state index is 0. The quantitative estimate of drug-likeness (QED) is 0.738. The van der Waals surface area contributed by atoms with E-state index < -0.39 is 10.0 Å². The summed E-state index contributed by atoms with van der Waals surface area (Å²) in [6.07, 6.45) is 3.65. The van der Waals surface area contributed by atoms with Crippen LogP contribution in [0.5, 0.6) is 0 Å². The fourth-order valence-electron chi connectivity index (χ4n) is 4.15. The number of ether oxygens (including phenoxy) is 1. The van der Waals surface area contributed by atoms with Crippen molar-refractivity contribution in [3.8, 4) is 0 Å². The van der Waals surface area contributed by atoms with Crippen LogP contribution in [0, 0.1) is 5.92 Å². The van der Waals surface area contributed by atoms with E-state index in [0.717, 1.165) is 43.4 Å². The lowest BCUT2D eigenvalue weighted by atomic mass is 9.99. The third kappa shape index (κ3) is 4.52. The van der Waals surface area contributed by atoms with Gasteiger partial charge in [-0.05, 0) is 61.4 Å². The number of amides is 1. The Morgan fingerprint density at radius 1 is 1.21 bits per heavy atom. The molecule has 0 saturated carbocycles. The normalized spacial score (nSPS) is 25.1. The molecule has 3 heterocycles. The molecule has 1 amide bonds. The fraction of sp³-hybridized carbons (Fsp3) is 0.632. The summed E-state index contributed by atoms with van der Waals surface area (Å²) >= 11 is 0. The second kappa shape index (κ2) is 9.09. The molecule has 0 radical (unpaired) electrons. The van der Waals surface area contributed by atoms with Crippen LogP contribution in [0.2, 0.25) is 0 Å². The minimum Gasteiger partial charge on any atom is -0.372 e. The maximum Gasteiger partial charge on any atom is 0.243 e. The summed E-state index contributed by atoms with van der Waals surface area (Å²) < 4.78 is 33.1. The van der Waals surface area contributed by atoms with E-state index in [1.54, 1.807) is 16.4 Å². The predicted molar refractivity (Wildman–Crippen MR) is 108 cm³/mol. The number of benzene rings is 1. The molecule has 1 aromatic carbocycles. The largest absolute Gasteiger partial charge is 0.372 e. The van der Waals surface area contributed by atoms with Crippen LogP contribution < -0.4 is 10.6 Å². The first-order valence-corrected chi connectivity index (χ1v) is 11.2. The summed E-state index contributed by atoms with van der Waals surface area (Å²) in [6.45, 7) is 3.43. The molecule has 0 aliphatic carbocycles. The summed E-state index contributed by atoms with van der Waals surface area (Å²) in [7, 11) is -3.52. The van der Waals surface area contributed by atoms with Gasteiger partial charge in [0.15, 0.2) is 0 Å². The van der Waals surface area contributed by atoms with Crippen LogP contribution in [-0.4, -0.2) is 50.9 Å². The van der Waals surface area contributed by atoms with Gasteiger partial charge in [-0.2, -0.15) is 4.31 Å². The van der Waals surface area contributed by atoms with Crippen molar-refractivity contribution >= 4 is 28.3 Å². The number of halogens is 1. The first-order valence-electron chi connectivity index (χ1n) is 9.75. The third-order valence-electron chi connectivity index (χ3n) is 5.75. The van der Waals surface area contributed by atoms with Crippen molar-refractivity contribution in [3.05, 3.63) is 29.3 Å². The molecular weight excluding hydrogens is 402 g/mol. The number of hydrogen-bond acceptors (Lipinski definition) is 5. The molecule has 2 atom stereocenters. The van der Waals surface area contributed by atoms with Crippen LogP contribution in [0.25, 0.3) is 0 Å². The number of hydrogen-bond donors (Lipinski definition) is 2. The second-order valence-electron chi connectivity index (χ2n) is 7.69. The summed E-state index contributed by atoms with van der Waals surface area (Å²) in [4.78, 5) is 12.5. The summed E-state index contributed by atoms with van der Waals surface area (Å²) in [5.74, 6) is 0.183. The van der Waals surface area contributed by atoms with Gasteiger partial charge in [-0.1, -0.05) is 6.07 Å². The molecule has 9 heteroatoms. The van der Waals surface area contributed by atoms with Crippen molar-refractivity contribution in [1.29, 1.82) is 0 Å². The Morgan fingerprint density at radius 2 is 2.04 bits per heavy atom. The molecule has 0 spiro atoms. The standard InChI is InChI=1S/C19H27N3O4S.ClH/c23-19(18-4-1-7-20-18)21-10-14-3-2-8-22(11-14)27(24,25)17-6-5-15-12-26-13-16(15)9-17;/h5-6,9,14,18,20H,1-4,7-8,10-13H2,(H,21,23);1H. The lowest BCUT2D eigenvalue weighted by Crippen LogP contribution is -2.46. The van der Waals surface area contributed by atoms with E-state index in [1.807, 2.05) is 6.07 Å². The van der Waals surface area contributed by atoms with Gasteiger partial charge in [0.25, 0.3) is 0 Å². The minimum atomic E-state index is -3.52. The zero-order valence-electron chi connectivity index (χ0n) is 15.9. The molecule has 4 rings (SSSR count). The smallest absolute Gasteiger partial charge is 0.243 e. The van der Waals surface area contributed by atoms with Crippen LogP contribution in [0.1, 0.15) is 36.8 Å². The Bertz CT molecular complexity index is 811. The van der Waals surface area contributed by atoms with Crippen molar-refractivity contribution in [3.63, 3.8) is 0 Å². The molecule has 28 heavy (non-hydrogen) atoms. The number of nitrogens with zero attached hydrogens (tertiary/aromatic N) is 1. The SMILES string of the molecule is Cl.O=C(NCC1CCCN(S(=O)(=O)c2ccc3c(c2)COC3)C1)C1CCCN1. The Morgan fingerprint density at radius 3 is 2.82 bits per heavy atom. The van der Waals surface area contributed by atoms with Crippen molar-refractivity contribution in [2.45, 2.75) is 49.8 Å².